The van der Waals surface area contributed by atoms with Crippen molar-refractivity contribution in [3.63, 3.8) is 0 Å². The Kier molecular flexibility index (Phi) is 3.03. The maximum absolute atomic E-state index is 10.6. The monoisotopic (exact) mass is 270 g/mol. The lowest BCUT2D eigenvalue weighted by Gasteiger charge is -2.28. The Bertz CT molecular complexity index is 371. The number of fused-ring (bicyclic) bond motifs is 2. The molecule has 110 valence electrons. The van der Waals surface area contributed by atoms with Crippen LogP contribution in [0.4, 0.5) is 0 Å². The summed E-state index contributed by atoms with van der Waals surface area (Å²) >= 11 is 0. The average Bonchev–Trinajstić information content (AvgIpc) is 3.14. The number of hydrogen-bond donors (Lipinski definition) is 2. The van der Waals surface area contributed by atoms with Gasteiger partial charge in [-0.1, -0.05) is 13.8 Å². The summed E-state index contributed by atoms with van der Waals surface area (Å²) in [6.45, 7) is 8.37. The lowest BCUT2D eigenvalue weighted by Crippen LogP contribution is -2.38. The van der Waals surface area contributed by atoms with Crippen LogP contribution in [0.5, 0.6) is 0 Å². The van der Waals surface area contributed by atoms with Gasteiger partial charge >= 0.3 is 0 Å². The van der Waals surface area contributed by atoms with Crippen molar-refractivity contribution in [1.82, 2.24) is 0 Å². The second kappa shape index (κ2) is 4.17. The zero-order chi connectivity index (χ0) is 14.0. The van der Waals surface area contributed by atoms with Crippen LogP contribution in [0.2, 0.25) is 0 Å². The molecule has 3 fully saturated rings. The number of rotatable bonds is 1. The molecule has 2 N–H and O–H groups in total. The predicted octanol–water partition coefficient (Wildman–Crippen LogP) is 1.48. The van der Waals surface area contributed by atoms with Gasteiger partial charge in [-0.3, -0.25) is 0 Å². The smallest absolute Gasteiger partial charge is 0.113 e. The van der Waals surface area contributed by atoms with Crippen molar-refractivity contribution in [3.05, 3.63) is 0 Å². The molecule has 0 aromatic carbocycles. The largest absolute Gasteiger partial charge is 0.390 e. The minimum absolute atomic E-state index is 0.0581. The van der Waals surface area contributed by atoms with Gasteiger partial charge in [0.15, 0.2) is 0 Å². The third-order valence-electron chi connectivity index (χ3n) is 5.42. The van der Waals surface area contributed by atoms with Crippen LogP contribution < -0.4 is 0 Å². The van der Waals surface area contributed by atoms with Gasteiger partial charge < -0.3 is 19.7 Å². The van der Waals surface area contributed by atoms with E-state index < -0.39 is 12.2 Å². The lowest BCUT2D eigenvalue weighted by molar-refractivity contribution is 0.0459. The Balaban J connectivity index is 1.81. The van der Waals surface area contributed by atoms with E-state index in [1.54, 1.807) is 0 Å². The summed E-state index contributed by atoms with van der Waals surface area (Å²) in [6.07, 6.45) is 1.28. The lowest BCUT2D eigenvalue weighted by atomic mass is 9.78. The molecule has 0 radical (unpaired) electrons. The van der Waals surface area contributed by atoms with Gasteiger partial charge in [0, 0.05) is 6.42 Å². The first kappa shape index (κ1) is 13.8. The molecule has 7 unspecified atom stereocenters. The second-order valence-corrected chi connectivity index (χ2v) is 7.41. The number of aliphatic hydroxyl groups excluding tert-OH is 2. The molecule has 3 rings (SSSR count). The van der Waals surface area contributed by atoms with E-state index in [2.05, 4.69) is 20.8 Å². The Labute approximate surface area is 115 Å². The first-order valence-corrected chi connectivity index (χ1v) is 7.49. The molecular formula is C15H26O4. The van der Waals surface area contributed by atoms with Crippen LogP contribution in [0.15, 0.2) is 0 Å². The summed E-state index contributed by atoms with van der Waals surface area (Å²) in [6, 6.07) is 0. The van der Waals surface area contributed by atoms with Crippen molar-refractivity contribution < 1.29 is 19.7 Å². The van der Waals surface area contributed by atoms with Gasteiger partial charge in [-0.05, 0) is 38.5 Å². The van der Waals surface area contributed by atoms with Crippen molar-refractivity contribution in [2.24, 2.45) is 11.8 Å². The molecule has 4 nitrogen and oxygen atoms in total. The van der Waals surface area contributed by atoms with Crippen molar-refractivity contribution in [2.45, 2.75) is 82.6 Å². The Hall–Kier alpha value is -0.160. The Morgan fingerprint density at radius 3 is 2.32 bits per heavy atom. The van der Waals surface area contributed by atoms with Crippen LogP contribution in [0.3, 0.4) is 0 Å². The summed E-state index contributed by atoms with van der Waals surface area (Å²) in [4.78, 5) is 0. The van der Waals surface area contributed by atoms with Crippen LogP contribution in [-0.2, 0) is 9.47 Å². The first-order valence-electron chi connectivity index (χ1n) is 7.49. The number of aliphatic hydroxyl groups is 2. The predicted molar refractivity (Wildman–Crippen MR) is 70.7 cm³/mol. The van der Waals surface area contributed by atoms with Crippen molar-refractivity contribution in [3.8, 4) is 0 Å². The molecule has 0 aromatic heterocycles. The van der Waals surface area contributed by atoms with E-state index in [9.17, 15) is 10.2 Å². The van der Waals surface area contributed by atoms with Crippen LogP contribution in [-0.4, -0.2) is 45.8 Å². The van der Waals surface area contributed by atoms with E-state index in [0.717, 1.165) is 12.8 Å². The second-order valence-electron chi connectivity index (χ2n) is 7.41. The SMILES string of the molecule is CC(C)C1CCC2(C)OC2C(O)CC2(C)OC2C1O. The number of hydrogen-bond acceptors (Lipinski definition) is 4. The van der Waals surface area contributed by atoms with Crippen molar-refractivity contribution in [1.29, 1.82) is 0 Å². The molecule has 2 heterocycles. The highest BCUT2D eigenvalue weighted by atomic mass is 16.6. The normalized spacial score (nSPS) is 57.3. The summed E-state index contributed by atoms with van der Waals surface area (Å²) in [5.41, 5.74) is -0.583. The van der Waals surface area contributed by atoms with Gasteiger partial charge in [-0.25, -0.2) is 0 Å². The zero-order valence-electron chi connectivity index (χ0n) is 12.3. The fourth-order valence-corrected chi connectivity index (χ4v) is 3.89. The van der Waals surface area contributed by atoms with E-state index in [-0.39, 0.29) is 29.3 Å². The maximum atomic E-state index is 10.6. The fraction of sp³-hybridized carbons (Fsp3) is 1.00. The van der Waals surface area contributed by atoms with E-state index in [1.165, 1.54) is 0 Å². The fourth-order valence-electron chi connectivity index (χ4n) is 3.89. The third-order valence-corrected chi connectivity index (χ3v) is 5.42. The molecular weight excluding hydrogens is 244 g/mol. The third kappa shape index (κ3) is 2.23. The topological polar surface area (TPSA) is 65.5 Å². The molecule has 2 saturated heterocycles. The van der Waals surface area contributed by atoms with Gasteiger partial charge in [0.05, 0.1) is 23.4 Å². The quantitative estimate of drug-likeness (QED) is 0.708. The highest BCUT2D eigenvalue weighted by Crippen LogP contribution is 2.52. The van der Waals surface area contributed by atoms with Gasteiger partial charge in [0.25, 0.3) is 0 Å². The van der Waals surface area contributed by atoms with E-state index >= 15 is 0 Å². The molecule has 1 aliphatic carbocycles. The Morgan fingerprint density at radius 2 is 1.68 bits per heavy atom. The summed E-state index contributed by atoms with van der Waals surface area (Å²) in [5.74, 6) is 0.664. The molecule has 3 aliphatic rings. The van der Waals surface area contributed by atoms with Crippen LogP contribution in [0.25, 0.3) is 0 Å². The molecule has 1 saturated carbocycles. The number of ether oxygens (including phenoxy) is 2. The first-order chi connectivity index (χ1) is 8.77. The minimum Gasteiger partial charge on any atom is -0.390 e. The average molecular weight is 270 g/mol. The maximum Gasteiger partial charge on any atom is 0.113 e. The van der Waals surface area contributed by atoms with Gasteiger partial charge in [-0.15, -0.1) is 0 Å². The highest BCUT2D eigenvalue weighted by Gasteiger charge is 2.64. The molecule has 0 amide bonds. The van der Waals surface area contributed by atoms with Gasteiger partial charge in [0.2, 0.25) is 0 Å². The van der Waals surface area contributed by atoms with E-state index in [0.29, 0.717) is 12.3 Å². The van der Waals surface area contributed by atoms with Crippen LogP contribution in [0.1, 0.15) is 47.0 Å². The summed E-state index contributed by atoms with van der Waals surface area (Å²) in [7, 11) is 0. The molecule has 7 atom stereocenters. The van der Waals surface area contributed by atoms with Gasteiger partial charge in [-0.2, -0.15) is 0 Å². The molecule has 0 bridgehead atoms. The van der Waals surface area contributed by atoms with Crippen molar-refractivity contribution >= 4 is 0 Å². The molecule has 19 heavy (non-hydrogen) atoms. The number of epoxide rings is 2. The van der Waals surface area contributed by atoms with Crippen LogP contribution in [0, 0.1) is 11.8 Å². The molecule has 2 aliphatic heterocycles. The standard InChI is InChI=1S/C15H26O4/c1-8(2)9-5-6-14(3)12(18-14)10(16)7-15(4)13(19-15)11(9)17/h8-13,16-17H,5-7H2,1-4H3. The summed E-state index contributed by atoms with van der Waals surface area (Å²) in [5, 5.41) is 20.8. The van der Waals surface area contributed by atoms with Crippen molar-refractivity contribution in [2.75, 3.05) is 0 Å². The molecule has 4 heteroatoms. The van der Waals surface area contributed by atoms with E-state index in [1.807, 2.05) is 6.92 Å². The molecule has 0 aromatic rings. The highest BCUT2D eigenvalue weighted by molar-refractivity contribution is 5.12. The molecule has 0 spiro atoms. The van der Waals surface area contributed by atoms with Crippen LogP contribution >= 0.6 is 0 Å². The van der Waals surface area contributed by atoms with Gasteiger partial charge in [0.1, 0.15) is 12.2 Å². The zero-order valence-corrected chi connectivity index (χ0v) is 12.3. The Morgan fingerprint density at radius 1 is 1.05 bits per heavy atom. The minimum atomic E-state index is -0.484. The summed E-state index contributed by atoms with van der Waals surface area (Å²) < 4.78 is 11.5. The van der Waals surface area contributed by atoms with E-state index in [4.69, 9.17) is 9.47 Å².